The van der Waals surface area contributed by atoms with E-state index in [0.29, 0.717) is 11.4 Å². The van der Waals surface area contributed by atoms with Crippen molar-refractivity contribution in [3.8, 4) is 5.75 Å². The molecule has 1 aromatic carbocycles. The first kappa shape index (κ1) is 8.27. The molecule has 0 bridgehead atoms. The number of thiol groups is 1. The Labute approximate surface area is 71.8 Å². The van der Waals surface area contributed by atoms with E-state index in [1.807, 2.05) is 18.2 Å². The van der Waals surface area contributed by atoms with E-state index in [0.717, 1.165) is 11.3 Å². The van der Waals surface area contributed by atoms with Crippen LogP contribution in [0.1, 0.15) is 5.56 Å². The fraction of sp³-hybridized carbons (Fsp3) is 0.250. The summed E-state index contributed by atoms with van der Waals surface area (Å²) in [7, 11) is 1.61. The minimum Gasteiger partial charge on any atom is -0.495 e. The van der Waals surface area contributed by atoms with E-state index in [9.17, 15) is 0 Å². The van der Waals surface area contributed by atoms with Gasteiger partial charge in [0.15, 0.2) is 0 Å². The Morgan fingerprint density at radius 1 is 1.55 bits per heavy atom. The van der Waals surface area contributed by atoms with E-state index >= 15 is 0 Å². The standard InChI is InChI=1S/C8H11NOS/c1-10-7-4-2-3-6(5-11)8(7)9/h2-4,11H,5,9H2,1H3. The molecule has 1 rings (SSSR count). The molecule has 0 aliphatic rings. The van der Waals surface area contributed by atoms with Gasteiger partial charge in [0.1, 0.15) is 5.75 Å². The second-order valence-electron chi connectivity index (χ2n) is 2.19. The lowest BCUT2D eigenvalue weighted by atomic mass is 10.2. The molecule has 0 atom stereocenters. The van der Waals surface area contributed by atoms with Gasteiger partial charge in [-0.05, 0) is 11.6 Å². The highest BCUT2D eigenvalue weighted by molar-refractivity contribution is 7.79. The smallest absolute Gasteiger partial charge is 0.142 e. The van der Waals surface area contributed by atoms with E-state index in [4.69, 9.17) is 10.5 Å². The number of nitrogens with two attached hydrogens (primary N) is 1. The number of anilines is 1. The van der Waals surface area contributed by atoms with Crippen LogP contribution in [0, 0.1) is 0 Å². The first-order chi connectivity index (χ1) is 5.29. The molecule has 0 radical (unpaired) electrons. The van der Waals surface area contributed by atoms with Crippen LogP contribution in [-0.2, 0) is 5.75 Å². The molecular formula is C8H11NOS. The van der Waals surface area contributed by atoms with Gasteiger partial charge in [0.05, 0.1) is 12.8 Å². The Bertz CT molecular complexity index is 228. The zero-order valence-corrected chi connectivity index (χ0v) is 7.27. The van der Waals surface area contributed by atoms with Crippen molar-refractivity contribution in [2.75, 3.05) is 12.8 Å². The molecule has 0 saturated heterocycles. The van der Waals surface area contributed by atoms with Gasteiger partial charge in [0.2, 0.25) is 0 Å². The largest absolute Gasteiger partial charge is 0.495 e. The summed E-state index contributed by atoms with van der Waals surface area (Å²) in [5.41, 5.74) is 7.42. The molecule has 60 valence electrons. The molecule has 0 unspecified atom stereocenters. The summed E-state index contributed by atoms with van der Waals surface area (Å²) >= 11 is 4.13. The Balaban J connectivity index is 3.10. The lowest BCUT2D eigenvalue weighted by molar-refractivity contribution is 0.416. The van der Waals surface area contributed by atoms with Gasteiger partial charge in [-0.1, -0.05) is 12.1 Å². The molecule has 0 spiro atoms. The molecule has 2 N–H and O–H groups in total. The van der Waals surface area contributed by atoms with Crippen molar-refractivity contribution >= 4 is 18.3 Å². The number of hydrogen-bond donors (Lipinski definition) is 2. The Morgan fingerprint density at radius 3 is 2.82 bits per heavy atom. The van der Waals surface area contributed by atoms with E-state index < -0.39 is 0 Å². The topological polar surface area (TPSA) is 35.2 Å². The van der Waals surface area contributed by atoms with E-state index in [1.165, 1.54) is 0 Å². The molecule has 0 fully saturated rings. The molecule has 2 nitrogen and oxygen atoms in total. The number of ether oxygens (including phenoxy) is 1. The SMILES string of the molecule is COc1cccc(CS)c1N. The zero-order chi connectivity index (χ0) is 8.27. The van der Waals surface area contributed by atoms with Crippen LogP contribution in [0.25, 0.3) is 0 Å². The maximum atomic E-state index is 5.73. The molecule has 0 aliphatic heterocycles. The first-order valence-electron chi connectivity index (χ1n) is 3.31. The van der Waals surface area contributed by atoms with Crippen molar-refractivity contribution in [2.45, 2.75) is 5.75 Å². The normalized spacial score (nSPS) is 9.64. The van der Waals surface area contributed by atoms with Crippen LogP contribution in [0.5, 0.6) is 5.75 Å². The molecule has 11 heavy (non-hydrogen) atoms. The fourth-order valence-corrected chi connectivity index (χ4v) is 1.18. The molecule has 0 saturated carbocycles. The van der Waals surface area contributed by atoms with Crippen molar-refractivity contribution in [2.24, 2.45) is 0 Å². The molecule has 0 amide bonds. The van der Waals surface area contributed by atoms with Gasteiger partial charge in [0, 0.05) is 5.75 Å². The van der Waals surface area contributed by atoms with Crippen LogP contribution in [0.2, 0.25) is 0 Å². The van der Waals surface area contributed by atoms with Gasteiger partial charge in [-0.15, -0.1) is 0 Å². The van der Waals surface area contributed by atoms with Crippen LogP contribution in [0.3, 0.4) is 0 Å². The van der Waals surface area contributed by atoms with Gasteiger partial charge in [-0.25, -0.2) is 0 Å². The monoisotopic (exact) mass is 169 g/mol. The van der Waals surface area contributed by atoms with Crippen LogP contribution in [0.4, 0.5) is 5.69 Å². The van der Waals surface area contributed by atoms with Crippen LogP contribution < -0.4 is 10.5 Å². The number of benzene rings is 1. The minimum absolute atomic E-state index is 0.642. The Hall–Kier alpha value is -0.830. The van der Waals surface area contributed by atoms with Crippen molar-refractivity contribution in [3.63, 3.8) is 0 Å². The average Bonchev–Trinajstić information content (AvgIpc) is 2.05. The average molecular weight is 169 g/mol. The number of rotatable bonds is 2. The molecular weight excluding hydrogens is 158 g/mol. The summed E-state index contributed by atoms with van der Waals surface area (Å²) < 4.78 is 5.03. The van der Waals surface area contributed by atoms with E-state index in [-0.39, 0.29) is 0 Å². The van der Waals surface area contributed by atoms with Gasteiger partial charge >= 0.3 is 0 Å². The highest BCUT2D eigenvalue weighted by Gasteiger charge is 2.01. The maximum Gasteiger partial charge on any atom is 0.142 e. The Morgan fingerprint density at radius 2 is 2.27 bits per heavy atom. The molecule has 0 aliphatic carbocycles. The summed E-state index contributed by atoms with van der Waals surface area (Å²) in [4.78, 5) is 0. The number of nitrogen functional groups attached to an aromatic ring is 1. The second-order valence-corrected chi connectivity index (χ2v) is 2.51. The zero-order valence-electron chi connectivity index (χ0n) is 6.37. The number of methoxy groups -OCH3 is 1. The molecule has 0 aromatic heterocycles. The quantitative estimate of drug-likeness (QED) is 0.522. The summed E-state index contributed by atoms with van der Waals surface area (Å²) in [6, 6.07) is 5.67. The summed E-state index contributed by atoms with van der Waals surface area (Å²) in [5, 5.41) is 0. The third-order valence-corrected chi connectivity index (χ3v) is 1.89. The predicted molar refractivity (Wildman–Crippen MR) is 50.1 cm³/mol. The highest BCUT2D eigenvalue weighted by Crippen LogP contribution is 2.25. The van der Waals surface area contributed by atoms with Gasteiger partial charge in [-0.2, -0.15) is 12.6 Å². The molecule has 0 heterocycles. The van der Waals surface area contributed by atoms with Gasteiger partial charge in [0.25, 0.3) is 0 Å². The first-order valence-corrected chi connectivity index (χ1v) is 3.95. The second kappa shape index (κ2) is 3.53. The molecule has 1 aromatic rings. The van der Waals surface area contributed by atoms with E-state index in [2.05, 4.69) is 12.6 Å². The van der Waals surface area contributed by atoms with Crippen molar-refractivity contribution in [1.29, 1.82) is 0 Å². The van der Waals surface area contributed by atoms with Crippen LogP contribution >= 0.6 is 12.6 Å². The third kappa shape index (κ3) is 1.60. The van der Waals surface area contributed by atoms with E-state index in [1.54, 1.807) is 7.11 Å². The lowest BCUT2D eigenvalue weighted by Gasteiger charge is -2.06. The summed E-state index contributed by atoms with van der Waals surface area (Å²) in [6.07, 6.45) is 0. The lowest BCUT2D eigenvalue weighted by Crippen LogP contribution is -1.95. The van der Waals surface area contributed by atoms with Crippen molar-refractivity contribution < 1.29 is 4.74 Å². The van der Waals surface area contributed by atoms with Crippen molar-refractivity contribution in [3.05, 3.63) is 23.8 Å². The van der Waals surface area contributed by atoms with Gasteiger partial charge in [-0.3, -0.25) is 0 Å². The molecule has 3 heteroatoms. The minimum atomic E-state index is 0.642. The fourth-order valence-electron chi connectivity index (χ4n) is 0.905. The summed E-state index contributed by atoms with van der Waals surface area (Å²) in [6.45, 7) is 0. The third-order valence-electron chi connectivity index (χ3n) is 1.55. The Kier molecular flexibility index (Phi) is 2.65. The highest BCUT2D eigenvalue weighted by atomic mass is 32.1. The number of para-hydroxylation sites is 1. The summed E-state index contributed by atoms with van der Waals surface area (Å²) in [5.74, 6) is 1.36. The van der Waals surface area contributed by atoms with Gasteiger partial charge < -0.3 is 10.5 Å². The maximum absolute atomic E-state index is 5.73. The van der Waals surface area contributed by atoms with Crippen LogP contribution in [0.15, 0.2) is 18.2 Å². The van der Waals surface area contributed by atoms with Crippen LogP contribution in [-0.4, -0.2) is 7.11 Å². The van der Waals surface area contributed by atoms with Crippen molar-refractivity contribution in [1.82, 2.24) is 0 Å². The predicted octanol–water partition coefficient (Wildman–Crippen LogP) is 1.71. The number of hydrogen-bond acceptors (Lipinski definition) is 3.